The SMILES string of the molecule is CO/C(=C/c1ccc(C)cc1)c1ccccc1. The lowest BCUT2D eigenvalue weighted by Crippen LogP contribution is -1.87. The second-order valence-corrected chi connectivity index (χ2v) is 3.99. The molecule has 0 saturated carbocycles. The number of hydrogen-bond donors (Lipinski definition) is 0. The van der Waals surface area contributed by atoms with E-state index in [0.717, 1.165) is 16.9 Å². The van der Waals surface area contributed by atoms with Crippen molar-refractivity contribution in [3.05, 3.63) is 71.3 Å². The van der Waals surface area contributed by atoms with E-state index in [1.165, 1.54) is 5.56 Å². The van der Waals surface area contributed by atoms with Crippen molar-refractivity contribution in [2.24, 2.45) is 0 Å². The quantitative estimate of drug-likeness (QED) is 0.562. The van der Waals surface area contributed by atoms with Gasteiger partial charge in [0.05, 0.1) is 7.11 Å². The van der Waals surface area contributed by atoms with E-state index in [1.54, 1.807) is 7.11 Å². The first-order valence-corrected chi connectivity index (χ1v) is 5.67. The van der Waals surface area contributed by atoms with E-state index in [9.17, 15) is 0 Å². The van der Waals surface area contributed by atoms with Gasteiger partial charge in [-0.1, -0.05) is 60.2 Å². The Bertz CT molecular complexity index is 495. The van der Waals surface area contributed by atoms with Gasteiger partial charge in [0.15, 0.2) is 0 Å². The van der Waals surface area contributed by atoms with Crippen molar-refractivity contribution in [1.29, 1.82) is 0 Å². The summed E-state index contributed by atoms with van der Waals surface area (Å²) in [6.07, 6.45) is 2.05. The zero-order valence-electron chi connectivity index (χ0n) is 10.2. The van der Waals surface area contributed by atoms with Crippen LogP contribution in [0.5, 0.6) is 0 Å². The Balaban J connectivity index is 2.33. The van der Waals surface area contributed by atoms with Gasteiger partial charge in [-0.05, 0) is 18.6 Å². The van der Waals surface area contributed by atoms with Crippen molar-refractivity contribution in [2.75, 3.05) is 7.11 Å². The zero-order chi connectivity index (χ0) is 12.1. The Labute approximate surface area is 102 Å². The van der Waals surface area contributed by atoms with E-state index in [2.05, 4.69) is 37.3 Å². The minimum Gasteiger partial charge on any atom is -0.496 e. The lowest BCUT2D eigenvalue weighted by Gasteiger charge is -2.06. The highest BCUT2D eigenvalue weighted by molar-refractivity contribution is 5.77. The van der Waals surface area contributed by atoms with Gasteiger partial charge in [-0.3, -0.25) is 0 Å². The Morgan fingerprint density at radius 2 is 1.59 bits per heavy atom. The highest BCUT2D eigenvalue weighted by Crippen LogP contribution is 2.18. The summed E-state index contributed by atoms with van der Waals surface area (Å²) in [4.78, 5) is 0. The van der Waals surface area contributed by atoms with Gasteiger partial charge in [0.2, 0.25) is 0 Å². The van der Waals surface area contributed by atoms with Crippen molar-refractivity contribution in [3.8, 4) is 0 Å². The van der Waals surface area contributed by atoms with Crippen molar-refractivity contribution in [3.63, 3.8) is 0 Å². The molecule has 1 nitrogen and oxygen atoms in total. The van der Waals surface area contributed by atoms with Gasteiger partial charge >= 0.3 is 0 Å². The van der Waals surface area contributed by atoms with Crippen LogP contribution in [0.4, 0.5) is 0 Å². The predicted octanol–water partition coefficient (Wildman–Crippen LogP) is 4.14. The van der Waals surface area contributed by atoms with Gasteiger partial charge in [-0.25, -0.2) is 0 Å². The predicted molar refractivity (Wildman–Crippen MR) is 72.5 cm³/mol. The summed E-state index contributed by atoms with van der Waals surface area (Å²) in [6, 6.07) is 18.5. The van der Waals surface area contributed by atoms with Crippen LogP contribution in [0.2, 0.25) is 0 Å². The molecule has 0 atom stereocenters. The molecule has 0 heterocycles. The molecule has 0 radical (unpaired) electrons. The summed E-state index contributed by atoms with van der Waals surface area (Å²) >= 11 is 0. The van der Waals surface area contributed by atoms with Gasteiger partial charge in [0, 0.05) is 5.56 Å². The molecule has 0 fully saturated rings. The lowest BCUT2D eigenvalue weighted by atomic mass is 10.1. The highest BCUT2D eigenvalue weighted by atomic mass is 16.5. The molecule has 0 unspecified atom stereocenters. The number of benzene rings is 2. The van der Waals surface area contributed by atoms with Gasteiger partial charge in [-0.2, -0.15) is 0 Å². The molecule has 0 amide bonds. The average molecular weight is 224 g/mol. The molecule has 0 N–H and O–H groups in total. The first-order chi connectivity index (χ1) is 8.29. The number of ether oxygens (including phenoxy) is 1. The van der Waals surface area contributed by atoms with Crippen LogP contribution in [0, 0.1) is 6.92 Å². The Morgan fingerprint density at radius 1 is 0.941 bits per heavy atom. The molecular weight excluding hydrogens is 208 g/mol. The monoisotopic (exact) mass is 224 g/mol. The Hall–Kier alpha value is -2.02. The molecule has 0 aliphatic rings. The molecule has 0 spiro atoms. The topological polar surface area (TPSA) is 9.23 Å². The minimum atomic E-state index is 0.884. The standard InChI is InChI=1S/C16H16O/c1-13-8-10-14(11-9-13)12-16(17-2)15-6-4-3-5-7-15/h3-12H,1-2H3/b16-12+. The number of aryl methyl sites for hydroxylation is 1. The number of methoxy groups -OCH3 is 1. The number of hydrogen-bond acceptors (Lipinski definition) is 1. The van der Waals surface area contributed by atoms with Crippen LogP contribution in [0.15, 0.2) is 54.6 Å². The van der Waals surface area contributed by atoms with Crippen molar-refractivity contribution in [1.82, 2.24) is 0 Å². The fourth-order valence-electron chi connectivity index (χ4n) is 1.68. The van der Waals surface area contributed by atoms with E-state index >= 15 is 0 Å². The molecule has 2 rings (SSSR count). The van der Waals surface area contributed by atoms with Crippen molar-refractivity contribution < 1.29 is 4.74 Å². The summed E-state index contributed by atoms with van der Waals surface area (Å²) in [5.41, 5.74) is 3.51. The van der Waals surface area contributed by atoms with Crippen LogP contribution in [0.1, 0.15) is 16.7 Å². The molecule has 0 saturated heterocycles. The van der Waals surface area contributed by atoms with Gasteiger partial charge < -0.3 is 4.74 Å². The van der Waals surface area contributed by atoms with Crippen LogP contribution >= 0.6 is 0 Å². The van der Waals surface area contributed by atoms with Crippen molar-refractivity contribution in [2.45, 2.75) is 6.92 Å². The summed E-state index contributed by atoms with van der Waals surface area (Å²) < 4.78 is 5.43. The van der Waals surface area contributed by atoms with Crippen LogP contribution in [0.25, 0.3) is 11.8 Å². The Morgan fingerprint density at radius 3 is 2.18 bits per heavy atom. The maximum Gasteiger partial charge on any atom is 0.126 e. The summed E-state index contributed by atoms with van der Waals surface area (Å²) in [7, 11) is 1.70. The average Bonchev–Trinajstić information content (AvgIpc) is 2.39. The molecule has 2 aromatic carbocycles. The normalized spacial score (nSPS) is 11.3. The van der Waals surface area contributed by atoms with Gasteiger partial charge in [0.1, 0.15) is 5.76 Å². The maximum absolute atomic E-state index is 5.43. The molecule has 0 aliphatic heterocycles. The Kier molecular flexibility index (Phi) is 3.61. The molecule has 1 heteroatoms. The lowest BCUT2D eigenvalue weighted by molar-refractivity contribution is 0.372. The van der Waals surface area contributed by atoms with E-state index in [1.807, 2.05) is 30.3 Å². The highest BCUT2D eigenvalue weighted by Gasteiger charge is 2.00. The molecule has 17 heavy (non-hydrogen) atoms. The molecular formula is C16H16O. The first-order valence-electron chi connectivity index (χ1n) is 5.67. The smallest absolute Gasteiger partial charge is 0.126 e. The van der Waals surface area contributed by atoms with E-state index in [4.69, 9.17) is 4.74 Å². The molecule has 86 valence electrons. The van der Waals surface area contributed by atoms with Crippen LogP contribution in [0.3, 0.4) is 0 Å². The van der Waals surface area contributed by atoms with E-state index in [-0.39, 0.29) is 0 Å². The number of rotatable bonds is 3. The third-order valence-corrected chi connectivity index (χ3v) is 2.65. The zero-order valence-corrected chi connectivity index (χ0v) is 10.2. The fraction of sp³-hybridized carbons (Fsp3) is 0.125. The summed E-state index contributed by atoms with van der Waals surface area (Å²) in [5, 5.41) is 0. The van der Waals surface area contributed by atoms with Crippen LogP contribution in [-0.4, -0.2) is 7.11 Å². The largest absolute Gasteiger partial charge is 0.496 e. The van der Waals surface area contributed by atoms with Crippen molar-refractivity contribution >= 4 is 11.8 Å². The summed E-state index contributed by atoms with van der Waals surface area (Å²) in [6.45, 7) is 2.09. The molecule has 0 aromatic heterocycles. The van der Waals surface area contributed by atoms with E-state index < -0.39 is 0 Å². The maximum atomic E-state index is 5.43. The van der Waals surface area contributed by atoms with E-state index in [0.29, 0.717) is 0 Å². The van der Waals surface area contributed by atoms with Crippen LogP contribution in [-0.2, 0) is 4.74 Å². The third kappa shape index (κ3) is 2.97. The molecule has 2 aromatic rings. The second-order valence-electron chi connectivity index (χ2n) is 3.99. The van der Waals surface area contributed by atoms with Gasteiger partial charge in [-0.15, -0.1) is 0 Å². The first kappa shape index (κ1) is 11.5. The van der Waals surface area contributed by atoms with Crippen LogP contribution < -0.4 is 0 Å². The van der Waals surface area contributed by atoms with Gasteiger partial charge in [0.25, 0.3) is 0 Å². The fourth-order valence-corrected chi connectivity index (χ4v) is 1.68. The molecule has 0 bridgehead atoms. The summed E-state index contributed by atoms with van der Waals surface area (Å²) in [5.74, 6) is 0.884. The second kappa shape index (κ2) is 5.35. The molecule has 0 aliphatic carbocycles. The third-order valence-electron chi connectivity index (χ3n) is 2.65. The minimum absolute atomic E-state index is 0.884.